The van der Waals surface area contributed by atoms with Crippen molar-refractivity contribution < 1.29 is 37.5 Å². The Bertz CT molecular complexity index is 2140. The van der Waals surface area contributed by atoms with E-state index in [-0.39, 0.29) is 12.6 Å². The van der Waals surface area contributed by atoms with Crippen LogP contribution in [0, 0.1) is 0 Å². The number of para-hydroxylation sites is 1. The zero-order chi connectivity index (χ0) is 43.8. The molecule has 0 amide bonds. The minimum absolute atomic E-state index is 0.210. The van der Waals surface area contributed by atoms with Crippen molar-refractivity contribution in [1.29, 1.82) is 0 Å². The summed E-state index contributed by atoms with van der Waals surface area (Å²) in [7, 11) is -4.11. The van der Waals surface area contributed by atoms with Gasteiger partial charge in [-0.2, -0.15) is 9.34 Å². The summed E-state index contributed by atoms with van der Waals surface area (Å²) < 4.78 is 67.4. The first-order valence-electron chi connectivity index (χ1n) is 23.2. The molecule has 64 heavy (non-hydrogen) atoms. The standard InChI is InChI=1S/C53H63N2O8P/c1-53(2)61-51-47(34-40-18-6-3-7-19-40)54(36-42-22-16-24-44(32-42)38-59-49-28-12-14-30-57-49)64(56,63-46-26-10-5-11-27-46)55(48(52(51)62-53)35-41-20-8-4-9-21-41)37-43-23-17-25-45(33-43)39-60-50-29-13-15-31-58-50/h3-11,16-27,32-33,47-52H,12-15,28-31,34-39H2,1-2H3/t47-,48-,49?,50?,51-,52-,64?/m1/s1. The lowest BCUT2D eigenvalue weighted by Gasteiger charge is -2.43. The molecule has 4 saturated heterocycles. The Kier molecular flexibility index (Phi) is 14.7. The summed E-state index contributed by atoms with van der Waals surface area (Å²) in [6.07, 6.45) is 5.82. The van der Waals surface area contributed by atoms with Gasteiger partial charge in [-0.3, -0.25) is 0 Å². The molecular weight excluding hydrogens is 824 g/mol. The molecule has 0 bridgehead atoms. The highest BCUT2D eigenvalue weighted by Gasteiger charge is 2.61. The molecular formula is C53H63N2O8P. The zero-order valence-electron chi connectivity index (χ0n) is 37.3. The van der Waals surface area contributed by atoms with E-state index in [1.54, 1.807) is 0 Å². The minimum atomic E-state index is -4.11. The fourth-order valence-corrected chi connectivity index (χ4v) is 12.4. The molecule has 11 heteroatoms. The fourth-order valence-electron chi connectivity index (χ4n) is 9.64. The lowest BCUT2D eigenvalue weighted by molar-refractivity contribution is -0.169. The van der Waals surface area contributed by atoms with Gasteiger partial charge in [0.25, 0.3) is 0 Å². The molecule has 5 aromatic rings. The maximum absolute atomic E-state index is 17.4. The van der Waals surface area contributed by atoms with Gasteiger partial charge < -0.3 is 32.9 Å². The van der Waals surface area contributed by atoms with Gasteiger partial charge in [-0.1, -0.05) is 127 Å². The van der Waals surface area contributed by atoms with E-state index in [0.717, 1.165) is 85.1 Å². The molecule has 0 radical (unpaired) electrons. The quantitative estimate of drug-likeness (QED) is 0.0893. The molecule has 0 aromatic heterocycles. The molecule has 0 spiro atoms. The Morgan fingerprint density at radius 2 is 0.969 bits per heavy atom. The number of hydrogen-bond acceptors (Lipinski definition) is 8. The average molecular weight is 887 g/mol. The van der Waals surface area contributed by atoms with E-state index in [4.69, 9.17) is 32.9 Å². The molecule has 0 saturated carbocycles. The Labute approximate surface area is 379 Å². The fraction of sp³-hybridized carbons (Fsp3) is 0.434. The second kappa shape index (κ2) is 21.0. The summed E-state index contributed by atoms with van der Waals surface area (Å²) in [5.74, 6) is -0.383. The number of nitrogens with zero attached hydrogens (tertiary/aromatic N) is 2. The molecule has 0 N–H and O–H groups in total. The van der Waals surface area contributed by atoms with Crippen LogP contribution in [0.25, 0.3) is 0 Å². The topological polar surface area (TPSA) is 88.2 Å². The van der Waals surface area contributed by atoms with Crippen LogP contribution in [0.15, 0.2) is 140 Å². The highest BCUT2D eigenvalue weighted by molar-refractivity contribution is 7.54. The van der Waals surface area contributed by atoms with Gasteiger partial charge in [0.15, 0.2) is 18.4 Å². The first-order chi connectivity index (χ1) is 31.3. The minimum Gasteiger partial charge on any atom is -0.422 e. The highest BCUT2D eigenvalue weighted by atomic mass is 31.2. The summed E-state index contributed by atoms with van der Waals surface area (Å²) in [6, 6.07) is 46.4. The van der Waals surface area contributed by atoms with Crippen molar-refractivity contribution in [2.45, 2.75) is 134 Å². The van der Waals surface area contributed by atoms with Crippen LogP contribution in [-0.2, 0) is 72.1 Å². The molecule has 4 aliphatic rings. The van der Waals surface area contributed by atoms with Crippen LogP contribution in [0.2, 0.25) is 0 Å². The van der Waals surface area contributed by atoms with E-state index in [9.17, 15) is 0 Å². The highest BCUT2D eigenvalue weighted by Crippen LogP contribution is 2.62. The van der Waals surface area contributed by atoms with Crippen molar-refractivity contribution >= 4 is 7.67 Å². The van der Waals surface area contributed by atoms with Gasteiger partial charge in [-0.25, -0.2) is 4.57 Å². The van der Waals surface area contributed by atoms with Crippen LogP contribution < -0.4 is 4.52 Å². The van der Waals surface area contributed by atoms with Gasteiger partial charge in [0.1, 0.15) is 18.0 Å². The van der Waals surface area contributed by atoms with Crippen molar-refractivity contribution in [1.82, 2.24) is 9.34 Å². The van der Waals surface area contributed by atoms with Crippen LogP contribution in [0.5, 0.6) is 5.75 Å². The summed E-state index contributed by atoms with van der Waals surface area (Å²) in [5.41, 5.74) is 6.23. The Morgan fingerprint density at radius 1 is 0.547 bits per heavy atom. The van der Waals surface area contributed by atoms with Gasteiger partial charge in [-0.05, 0) is 111 Å². The van der Waals surface area contributed by atoms with Gasteiger partial charge in [-0.15, -0.1) is 0 Å². The van der Waals surface area contributed by atoms with Crippen LogP contribution in [0.1, 0.15) is 85.8 Å². The molecule has 338 valence electrons. The molecule has 6 atom stereocenters. The predicted molar refractivity (Wildman–Crippen MR) is 247 cm³/mol. The van der Waals surface area contributed by atoms with E-state index in [2.05, 4.69) is 106 Å². The summed E-state index contributed by atoms with van der Waals surface area (Å²) in [4.78, 5) is 0. The van der Waals surface area contributed by atoms with Crippen molar-refractivity contribution in [2.75, 3.05) is 13.2 Å². The molecule has 9 rings (SSSR count). The van der Waals surface area contributed by atoms with Gasteiger partial charge in [0.05, 0.1) is 25.3 Å². The van der Waals surface area contributed by atoms with Crippen LogP contribution in [0.4, 0.5) is 0 Å². The average Bonchev–Trinajstić information content (AvgIpc) is 3.64. The molecule has 4 heterocycles. The van der Waals surface area contributed by atoms with Crippen LogP contribution in [-0.4, -0.2) is 65.2 Å². The number of hydrogen-bond donors (Lipinski definition) is 0. The van der Waals surface area contributed by atoms with Crippen LogP contribution in [0.3, 0.4) is 0 Å². The molecule has 4 aliphatic heterocycles. The summed E-state index contributed by atoms with van der Waals surface area (Å²) in [5, 5.41) is 0. The monoisotopic (exact) mass is 886 g/mol. The predicted octanol–water partition coefficient (Wildman–Crippen LogP) is 11.0. The second-order valence-electron chi connectivity index (χ2n) is 18.0. The number of rotatable bonds is 16. The van der Waals surface area contributed by atoms with Gasteiger partial charge in [0, 0.05) is 26.3 Å². The summed E-state index contributed by atoms with van der Waals surface area (Å²) in [6.45, 7) is 6.89. The third-order valence-corrected chi connectivity index (χ3v) is 15.3. The van der Waals surface area contributed by atoms with E-state index in [1.165, 1.54) is 0 Å². The largest absolute Gasteiger partial charge is 0.422 e. The maximum atomic E-state index is 17.4. The maximum Gasteiger partial charge on any atom is 0.397 e. The third kappa shape index (κ3) is 11.2. The normalized spacial score (nSPS) is 27.4. The first kappa shape index (κ1) is 45.0. The Hall–Kier alpha value is -4.19. The molecule has 4 fully saturated rings. The van der Waals surface area contributed by atoms with Crippen molar-refractivity contribution in [2.24, 2.45) is 0 Å². The lowest BCUT2D eigenvalue weighted by Crippen LogP contribution is -2.48. The van der Waals surface area contributed by atoms with Crippen molar-refractivity contribution in [3.05, 3.63) is 173 Å². The zero-order valence-corrected chi connectivity index (χ0v) is 38.1. The second-order valence-corrected chi connectivity index (χ2v) is 20.2. The smallest absolute Gasteiger partial charge is 0.397 e. The van der Waals surface area contributed by atoms with Gasteiger partial charge in [0.2, 0.25) is 0 Å². The Morgan fingerprint density at radius 3 is 1.41 bits per heavy atom. The molecule has 0 aliphatic carbocycles. The Balaban J connectivity index is 1.17. The summed E-state index contributed by atoms with van der Waals surface area (Å²) >= 11 is 0. The SMILES string of the molecule is CC1(C)O[C@H]2[C@H](O1)[C@@H](Cc1ccccc1)N(Cc1cccc(COC3CCCCO3)c1)P(=O)(Oc1ccccc1)N(Cc1cccc(COC3CCCCO3)c1)[C@@H]2Cc1ccccc1. The number of fused-ring (bicyclic) bond motifs is 1. The van der Waals surface area contributed by atoms with E-state index >= 15 is 4.57 Å². The number of ether oxygens (including phenoxy) is 6. The van der Waals surface area contributed by atoms with Crippen molar-refractivity contribution in [3.8, 4) is 5.75 Å². The third-order valence-electron chi connectivity index (χ3n) is 12.7. The van der Waals surface area contributed by atoms with E-state index in [1.807, 2.05) is 56.3 Å². The molecule has 5 aromatic carbocycles. The molecule has 10 nitrogen and oxygen atoms in total. The van der Waals surface area contributed by atoms with E-state index in [0.29, 0.717) is 44.9 Å². The number of benzene rings is 5. The molecule has 2 unspecified atom stereocenters. The van der Waals surface area contributed by atoms with Crippen molar-refractivity contribution in [3.63, 3.8) is 0 Å². The first-order valence-corrected chi connectivity index (χ1v) is 24.8. The van der Waals surface area contributed by atoms with E-state index < -0.39 is 37.7 Å². The van der Waals surface area contributed by atoms with Gasteiger partial charge >= 0.3 is 7.67 Å². The van der Waals surface area contributed by atoms with Crippen LogP contribution >= 0.6 is 7.67 Å². The lowest BCUT2D eigenvalue weighted by atomic mass is 9.91.